The van der Waals surface area contributed by atoms with Crippen molar-refractivity contribution in [2.45, 2.75) is 6.92 Å². The summed E-state index contributed by atoms with van der Waals surface area (Å²) in [6.07, 6.45) is 1.64. The molecule has 32 heavy (non-hydrogen) atoms. The first-order chi connectivity index (χ1) is 15.8. The number of hydrogen-bond donors (Lipinski definition) is 0. The zero-order valence-electron chi connectivity index (χ0n) is 17.7. The van der Waals surface area contributed by atoms with Crippen molar-refractivity contribution >= 4 is 11.6 Å². The van der Waals surface area contributed by atoms with Gasteiger partial charge in [-0.05, 0) is 67.6 Å². The van der Waals surface area contributed by atoms with Gasteiger partial charge in [-0.1, -0.05) is 54.6 Å². The molecule has 4 heteroatoms. The number of para-hydroxylation sites is 3. The van der Waals surface area contributed by atoms with E-state index in [4.69, 9.17) is 14.2 Å². The van der Waals surface area contributed by atoms with Gasteiger partial charge in [0.2, 0.25) is 5.90 Å². The molecular weight excluding hydrogens is 398 g/mol. The summed E-state index contributed by atoms with van der Waals surface area (Å²) in [5.74, 6) is 3.38. The Hall–Kier alpha value is -4.31. The van der Waals surface area contributed by atoms with Crippen molar-refractivity contribution in [3.05, 3.63) is 127 Å². The largest absolute Gasteiger partial charge is 0.465 e. The number of aliphatic imine (C=N–C) groups is 1. The number of ether oxygens (including phenoxy) is 3. The Balaban J connectivity index is 1.48. The molecule has 0 N–H and O–H groups in total. The molecule has 0 aliphatic rings. The molecule has 0 amide bonds. The van der Waals surface area contributed by atoms with Crippen LogP contribution in [0.1, 0.15) is 6.92 Å². The fourth-order valence-electron chi connectivity index (χ4n) is 2.83. The molecule has 4 aromatic carbocycles. The summed E-state index contributed by atoms with van der Waals surface area (Å²) in [7, 11) is 0. The minimum atomic E-state index is 0.464. The molecule has 0 radical (unpaired) electrons. The van der Waals surface area contributed by atoms with Crippen LogP contribution in [0.15, 0.2) is 132 Å². The summed E-state index contributed by atoms with van der Waals surface area (Å²) >= 11 is 0. The average molecular weight is 421 g/mol. The van der Waals surface area contributed by atoms with Crippen LogP contribution >= 0.6 is 0 Å². The standard InChI is InChI=1S/C28H23NO3/c1-22(21-30-24-17-19-27(20-18-24)31-25-13-7-3-8-14-25)28(29-23-11-5-2-6-12-23)32-26-15-9-4-10-16-26/h2-21H,1H3/b22-21+,29-28-. The maximum atomic E-state index is 6.04. The van der Waals surface area contributed by atoms with Crippen molar-refractivity contribution in [3.8, 4) is 23.0 Å². The highest BCUT2D eigenvalue weighted by atomic mass is 16.5. The van der Waals surface area contributed by atoms with E-state index in [2.05, 4.69) is 4.99 Å². The Morgan fingerprint density at radius 2 is 1.09 bits per heavy atom. The smallest absolute Gasteiger partial charge is 0.225 e. The van der Waals surface area contributed by atoms with Gasteiger partial charge in [-0.25, -0.2) is 4.99 Å². The van der Waals surface area contributed by atoms with Crippen molar-refractivity contribution in [1.29, 1.82) is 0 Å². The van der Waals surface area contributed by atoms with Gasteiger partial charge in [0.25, 0.3) is 0 Å². The van der Waals surface area contributed by atoms with Crippen molar-refractivity contribution in [1.82, 2.24) is 0 Å². The number of rotatable bonds is 7. The zero-order chi connectivity index (χ0) is 22.0. The van der Waals surface area contributed by atoms with Crippen LogP contribution in [-0.2, 0) is 0 Å². The quantitative estimate of drug-likeness (QED) is 0.175. The number of nitrogens with zero attached hydrogens (tertiary/aromatic N) is 1. The SMILES string of the molecule is CC(=C\Oc1ccc(Oc2ccccc2)cc1)/C(=N/c1ccccc1)Oc1ccccc1. The molecule has 0 atom stereocenters. The Morgan fingerprint density at radius 3 is 1.72 bits per heavy atom. The maximum Gasteiger partial charge on any atom is 0.225 e. The Morgan fingerprint density at radius 1 is 0.594 bits per heavy atom. The molecule has 0 heterocycles. The van der Waals surface area contributed by atoms with E-state index >= 15 is 0 Å². The molecule has 0 spiro atoms. The third-order valence-corrected chi connectivity index (χ3v) is 4.46. The van der Waals surface area contributed by atoms with Gasteiger partial charge in [0.15, 0.2) is 0 Å². The average Bonchev–Trinajstić information content (AvgIpc) is 2.85. The predicted octanol–water partition coefficient (Wildman–Crippen LogP) is 7.57. The summed E-state index contributed by atoms with van der Waals surface area (Å²) in [5.41, 5.74) is 1.55. The van der Waals surface area contributed by atoms with E-state index in [1.165, 1.54) is 0 Å². The van der Waals surface area contributed by atoms with E-state index in [1.807, 2.05) is 122 Å². The van der Waals surface area contributed by atoms with Gasteiger partial charge in [-0.3, -0.25) is 0 Å². The Bertz CT molecular complexity index is 1170. The number of hydrogen-bond acceptors (Lipinski definition) is 4. The van der Waals surface area contributed by atoms with E-state index in [1.54, 1.807) is 6.26 Å². The lowest BCUT2D eigenvalue weighted by molar-refractivity contribution is 0.464. The molecule has 4 nitrogen and oxygen atoms in total. The molecule has 0 aliphatic carbocycles. The van der Waals surface area contributed by atoms with Gasteiger partial charge in [-0.2, -0.15) is 0 Å². The van der Waals surface area contributed by atoms with Crippen molar-refractivity contribution in [2.75, 3.05) is 0 Å². The lowest BCUT2D eigenvalue weighted by Gasteiger charge is -2.10. The molecule has 0 unspecified atom stereocenters. The van der Waals surface area contributed by atoms with Crippen LogP contribution in [0.2, 0.25) is 0 Å². The van der Waals surface area contributed by atoms with Crippen LogP contribution < -0.4 is 14.2 Å². The predicted molar refractivity (Wildman–Crippen MR) is 128 cm³/mol. The highest BCUT2D eigenvalue weighted by molar-refractivity contribution is 5.96. The minimum Gasteiger partial charge on any atom is -0.465 e. The molecule has 0 bridgehead atoms. The fourth-order valence-corrected chi connectivity index (χ4v) is 2.83. The third kappa shape index (κ3) is 6.09. The highest BCUT2D eigenvalue weighted by Crippen LogP contribution is 2.24. The maximum absolute atomic E-state index is 6.04. The van der Waals surface area contributed by atoms with Gasteiger partial charge >= 0.3 is 0 Å². The molecular formula is C28H23NO3. The van der Waals surface area contributed by atoms with E-state index in [-0.39, 0.29) is 0 Å². The van der Waals surface area contributed by atoms with Crippen molar-refractivity contribution in [3.63, 3.8) is 0 Å². The van der Waals surface area contributed by atoms with Crippen LogP contribution in [0.3, 0.4) is 0 Å². The minimum absolute atomic E-state index is 0.464. The molecule has 0 fully saturated rings. The topological polar surface area (TPSA) is 40.0 Å². The first kappa shape index (κ1) is 20.9. The summed E-state index contributed by atoms with van der Waals surface area (Å²) in [6.45, 7) is 1.90. The van der Waals surface area contributed by atoms with Gasteiger partial charge < -0.3 is 14.2 Å². The monoisotopic (exact) mass is 421 g/mol. The Labute approximate surface area is 188 Å². The van der Waals surface area contributed by atoms with Crippen LogP contribution in [0.25, 0.3) is 0 Å². The molecule has 4 rings (SSSR count). The zero-order valence-corrected chi connectivity index (χ0v) is 17.7. The molecule has 4 aromatic rings. The summed E-state index contributed by atoms with van der Waals surface area (Å²) in [5, 5.41) is 0. The van der Waals surface area contributed by atoms with Crippen LogP contribution in [0.5, 0.6) is 23.0 Å². The second kappa shape index (κ2) is 10.6. The first-order valence-corrected chi connectivity index (χ1v) is 10.3. The van der Waals surface area contributed by atoms with E-state index in [9.17, 15) is 0 Å². The van der Waals surface area contributed by atoms with Gasteiger partial charge in [0, 0.05) is 5.57 Å². The van der Waals surface area contributed by atoms with E-state index in [0.717, 1.165) is 22.8 Å². The lowest BCUT2D eigenvalue weighted by Crippen LogP contribution is -2.10. The first-order valence-electron chi connectivity index (χ1n) is 10.3. The second-order valence-corrected chi connectivity index (χ2v) is 6.97. The summed E-state index contributed by atoms with van der Waals surface area (Å²) in [6, 6.07) is 36.3. The van der Waals surface area contributed by atoms with Crippen LogP contribution in [-0.4, -0.2) is 5.90 Å². The molecule has 0 saturated heterocycles. The molecule has 0 aliphatic heterocycles. The van der Waals surface area contributed by atoms with Crippen LogP contribution in [0, 0.1) is 0 Å². The van der Waals surface area contributed by atoms with Gasteiger partial charge in [0.1, 0.15) is 23.0 Å². The van der Waals surface area contributed by atoms with Crippen LogP contribution in [0.4, 0.5) is 5.69 Å². The normalized spacial score (nSPS) is 11.7. The highest BCUT2D eigenvalue weighted by Gasteiger charge is 2.08. The second-order valence-electron chi connectivity index (χ2n) is 6.97. The van der Waals surface area contributed by atoms with E-state index in [0.29, 0.717) is 17.4 Å². The van der Waals surface area contributed by atoms with E-state index < -0.39 is 0 Å². The van der Waals surface area contributed by atoms with Gasteiger partial charge in [-0.15, -0.1) is 0 Å². The molecule has 0 aromatic heterocycles. The van der Waals surface area contributed by atoms with Crippen molar-refractivity contribution < 1.29 is 14.2 Å². The summed E-state index contributed by atoms with van der Waals surface area (Å²) in [4.78, 5) is 4.65. The fraction of sp³-hybridized carbons (Fsp3) is 0.0357. The lowest BCUT2D eigenvalue weighted by atomic mass is 10.3. The summed E-state index contributed by atoms with van der Waals surface area (Å²) < 4.78 is 17.7. The molecule has 0 saturated carbocycles. The third-order valence-electron chi connectivity index (χ3n) is 4.46. The van der Waals surface area contributed by atoms with Crippen molar-refractivity contribution in [2.24, 2.45) is 4.99 Å². The Kier molecular flexibility index (Phi) is 6.96. The molecule has 158 valence electrons. The van der Waals surface area contributed by atoms with Gasteiger partial charge in [0.05, 0.1) is 11.9 Å². The number of benzene rings is 4.